The summed E-state index contributed by atoms with van der Waals surface area (Å²) in [5, 5.41) is 5.54. The number of sulfonamides is 1. The smallest absolute Gasteiger partial charge is 0.238 e. The third-order valence-corrected chi connectivity index (χ3v) is 3.03. The lowest BCUT2D eigenvalue weighted by atomic mass is 10.3. The van der Waals surface area contributed by atoms with Gasteiger partial charge in [0.25, 0.3) is 0 Å². The molecule has 0 aromatic carbocycles. The molecule has 0 aromatic rings. The summed E-state index contributed by atoms with van der Waals surface area (Å²) in [6, 6.07) is -0.332. The highest BCUT2D eigenvalue weighted by atomic mass is 32.2. The number of nitrogens with one attached hydrogen (secondary N) is 2. The lowest BCUT2D eigenvalue weighted by Crippen LogP contribution is -2.41. The first-order chi connectivity index (χ1) is 8.27. The first kappa shape index (κ1) is 16.5. The highest BCUT2D eigenvalue weighted by molar-refractivity contribution is 7.89. The van der Waals surface area contributed by atoms with E-state index in [0.29, 0.717) is 5.70 Å². The minimum Gasteiger partial charge on any atom is -0.389 e. The van der Waals surface area contributed by atoms with E-state index in [-0.39, 0.29) is 12.0 Å². The van der Waals surface area contributed by atoms with Gasteiger partial charge in [-0.25, -0.2) is 17.7 Å². The molecule has 1 atom stereocenters. The third kappa shape index (κ3) is 4.76. The molecule has 0 spiro atoms. The largest absolute Gasteiger partial charge is 0.389 e. The van der Waals surface area contributed by atoms with Crippen LogP contribution in [0.3, 0.4) is 0 Å². The minimum atomic E-state index is -3.52. The van der Waals surface area contributed by atoms with Crippen LogP contribution in [0.1, 0.15) is 6.92 Å². The molecule has 0 bridgehead atoms. The molecule has 104 valence electrons. The molecule has 0 aliphatic heterocycles. The highest BCUT2D eigenvalue weighted by Gasteiger charge is 2.19. The fourth-order valence-corrected chi connectivity index (χ4v) is 1.93. The fraction of sp³-hybridized carbons (Fsp3) is 0.500. The van der Waals surface area contributed by atoms with Gasteiger partial charge in [0.05, 0.1) is 6.26 Å². The van der Waals surface area contributed by atoms with E-state index in [1.165, 1.54) is 12.4 Å². The van der Waals surface area contributed by atoms with Crippen molar-refractivity contribution >= 4 is 16.0 Å². The summed E-state index contributed by atoms with van der Waals surface area (Å²) in [6.07, 6.45) is 3.72. The fourth-order valence-electron chi connectivity index (χ4n) is 1.17. The summed E-state index contributed by atoms with van der Waals surface area (Å²) in [5.74, 6) is 0.140. The van der Waals surface area contributed by atoms with Crippen LogP contribution in [0.25, 0.3) is 0 Å². The van der Waals surface area contributed by atoms with Gasteiger partial charge in [-0.1, -0.05) is 6.58 Å². The van der Waals surface area contributed by atoms with Gasteiger partial charge in [-0.05, 0) is 6.92 Å². The molecule has 4 N–H and O–H groups in total. The van der Waals surface area contributed by atoms with E-state index in [4.69, 9.17) is 5.73 Å². The van der Waals surface area contributed by atoms with Crippen LogP contribution in [-0.2, 0) is 10.0 Å². The van der Waals surface area contributed by atoms with Crippen molar-refractivity contribution < 1.29 is 8.42 Å². The summed E-state index contributed by atoms with van der Waals surface area (Å²) < 4.78 is 24.5. The van der Waals surface area contributed by atoms with E-state index >= 15 is 0 Å². The first-order valence-electron chi connectivity index (χ1n) is 5.28. The van der Waals surface area contributed by atoms with Gasteiger partial charge in [-0.2, -0.15) is 0 Å². The molecule has 0 aliphatic carbocycles. The number of rotatable bonds is 5. The van der Waals surface area contributed by atoms with Crippen LogP contribution < -0.4 is 16.4 Å². The second-order valence-corrected chi connectivity index (χ2v) is 5.43. The van der Waals surface area contributed by atoms with E-state index in [2.05, 4.69) is 22.2 Å². The van der Waals surface area contributed by atoms with Crippen molar-refractivity contribution in [2.45, 2.75) is 13.0 Å². The number of aliphatic imine (C=N–C) groups is 1. The van der Waals surface area contributed by atoms with Gasteiger partial charge < -0.3 is 16.4 Å². The molecule has 0 aliphatic rings. The lowest BCUT2D eigenvalue weighted by Gasteiger charge is -2.22. The molecule has 0 fully saturated rings. The second kappa shape index (κ2) is 7.02. The topological polar surface area (TPSA) is 99.8 Å². The number of hydrogen-bond acceptors (Lipinski definition) is 5. The average molecular weight is 275 g/mol. The van der Waals surface area contributed by atoms with E-state index in [9.17, 15) is 8.42 Å². The molecular weight excluding hydrogens is 254 g/mol. The summed E-state index contributed by atoms with van der Waals surface area (Å²) in [6.45, 7) is 5.18. The SMILES string of the molecule is C=C/N=C(/NC)N(/C=C(\NC)C(C)N)S(C)(=O)=O. The van der Waals surface area contributed by atoms with Gasteiger partial charge >= 0.3 is 0 Å². The lowest BCUT2D eigenvalue weighted by molar-refractivity contribution is 0.562. The Morgan fingerprint density at radius 1 is 1.44 bits per heavy atom. The molecule has 0 amide bonds. The Bertz CT molecular complexity index is 439. The molecular formula is C10H21N5O2S. The van der Waals surface area contributed by atoms with Crippen LogP contribution in [0.15, 0.2) is 29.7 Å². The van der Waals surface area contributed by atoms with Crippen molar-refractivity contribution in [2.75, 3.05) is 20.4 Å². The van der Waals surface area contributed by atoms with E-state index in [1.807, 2.05) is 0 Å². The van der Waals surface area contributed by atoms with Gasteiger partial charge in [0.1, 0.15) is 0 Å². The van der Waals surface area contributed by atoms with Crippen molar-refractivity contribution in [3.63, 3.8) is 0 Å². The summed E-state index contributed by atoms with van der Waals surface area (Å²) >= 11 is 0. The van der Waals surface area contributed by atoms with Crippen LogP contribution in [0.2, 0.25) is 0 Å². The zero-order valence-electron chi connectivity index (χ0n) is 11.1. The molecule has 0 rings (SSSR count). The number of likely N-dealkylation sites (N-methyl/N-ethyl adjacent to an activating group) is 1. The van der Waals surface area contributed by atoms with Gasteiger partial charge in [-0.3, -0.25) is 0 Å². The maximum atomic E-state index is 11.7. The summed E-state index contributed by atoms with van der Waals surface area (Å²) in [4.78, 5) is 3.86. The first-order valence-corrected chi connectivity index (χ1v) is 7.13. The second-order valence-electron chi connectivity index (χ2n) is 3.57. The zero-order valence-corrected chi connectivity index (χ0v) is 12.0. The van der Waals surface area contributed by atoms with Gasteiger partial charge in [-0.15, -0.1) is 0 Å². The van der Waals surface area contributed by atoms with E-state index in [1.54, 1.807) is 21.0 Å². The van der Waals surface area contributed by atoms with E-state index < -0.39 is 10.0 Å². The maximum absolute atomic E-state index is 11.7. The number of guanidine groups is 1. The number of nitrogens with two attached hydrogens (primary N) is 1. The molecule has 18 heavy (non-hydrogen) atoms. The van der Waals surface area contributed by atoms with Crippen molar-refractivity contribution in [3.8, 4) is 0 Å². The molecule has 1 unspecified atom stereocenters. The minimum absolute atomic E-state index is 0.140. The van der Waals surface area contributed by atoms with Crippen LogP contribution in [0.4, 0.5) is 0 Å². The Kier molecular flexibility index (Phi) is 6.42. The summed E-state index contributed by atoms with van der Waals surface area (Å²) in [5.41, 5.74) is 6.28. The molecule has 7 nitrogen and oxygen atoms in total. The van der Waals surface area contributed by atoms with Crippen molar-refractivity contribution in [1.82, 2.24) is 14.9 Å². The highest BCUT2D eigenvalue weighted by Crippen LogP contribution is 2.05. The Hall–Kier alpha value is -1.54. The van der Waals surface area contributed by atoms with Gasteiger partial charge in [0, 0.05) is 38.2 Å². The monoisotopic (exact) mass is 275 g/mol. The standard InChI is InChI=1S/C10H21N5O2S/c1-6-14-10(13-4)15(18(5,16)17)7-9(12-3)8(2)11/h6-8,12H,1,11H2,2-5H3,(H,13,14)/b9-7-. The number of nitrogens with zero attached hydrogens (tertiary/aromatic N) is 2. The molecule has 0 aromatic heterocycles. The third-order valence-electron chi connectivity index (χ3n) is 2.04. The predicted octanol–water partition coefficient (Wildman–Crippen LogP) is -0.625. The van der Waals surface area contributed by atoms with Crippen LogP contribution in [0.5, 0.6) is 0 Å². The Balaban J connectivity index is 5.66. The van der Waals surface area contributed by atoms with Crippen LogP contribution in [0, 0.1) is 0 Å². The quantitative estimate of drug-likeness (QED) is 0.458. The Morgan fingerprint density at radius 2 is 2.00 bits per heavy atom. The number of hydrogen-bond donors (Lipinski definition) is 3. The molecule has 0 saturated carbocycles. The zero-order chi connectivity index (χ0) is 14.3. The molecule has 0 saturated heterocycles. The normalized spacial score (nSPS) is 14.9. The van der Waals surface area contributed by atoms with Crippen molar-refractivity contribution in [3.05, 3.63) is 24.7 Å². The van der Waals surface area contributed by atoms with Gasteiger partial charge in [0.15, 0.2) is 0 Å². The molecule has 8 heteroatoms. The van der Waals surface area contributed by atoms with Crippen LogP contribution in [-0.4, -0.2) is 45.1 Å². The molecule has 0 heterocycles. The van der Waals surface area contributed by atoms with Crippen LogP contribution >= 0.6 is 0 Å². The van der Waals surface area contributed by atoms with E-state index in [0.717, 1.165) is 10.6 Å². The Labute approximate surface area is 109 Å². The summed E-state index contributed by atoms with van der Waals surface area (Å²) in [7, 11) is -0.282. The average Bonchev–Trinajstić information content (AvgIpc) is 2.26. The van der Waals surface area contributed by atoms with Crippen molar-refractivity contribution in [1.29, 1.82) is 0 Å². The molecule has 0 radical (unpaired) electrons. The predicted molar refractivity (Wildman–Crippen MR) is 74.2 cm³/mol. The Morgan fingerprint density at radius 3 is 2.28 bits per heavy atom. The van der Waals surface area contributed by atoms with Crippen molar-refractivity contribution in [2.24, 2.45) is 10.7 Å². The van der Waals surface area contributed by atoms with Gasteiger partial charge in [0.2, 0.25) is 16.0 Å². The maximum Gasteiger partial charge on any atom is 0.238 e.